The number of rotatable bonds is 5. The van der Waals surface area contributed by atoms with E-state index in [0.717, 1.165) is 36.0 Å². The van der Waals surface area contributed by atoms with Gasteiger partial charge in [-0.15, -0.1) is 47.9 Å². The molecule has 27 heavy (non-hydrogen) atoms. The Morgan fingerprint density at radius 1 is 1.07 bits per heavy atom. The van der Waals surface area contributed by atoms with E-state index in [2.05, 4.69) is 33.3 Å². The van der Waals surface area contributed by atoms with E-state index in [4.69, 9.17) is 5.41 Å². The molecule has 2 aromatic rings. The highest BCUT2D eigenvalue weighted by Gasteiger charge is 2.20. The molecule has 1 fully saturated rings. The Morgan fingerprint density at radius 2 is 1.89 bits per heavy atom. The number of thioether (sulfide) groups is 1. The van der Waals surface area contributed by atoms with Gasteiger partial charge in [-0.2, -0.15) is 0 Å². The number of nitrogens with zero attached hydrogens (tertiary/aromatic N) is 2. The molecule has 0 unspecified atom stereocenters. The van der Waals surface area contributed by atoms with Gasteiger partial charge in [0, 0.05) is 36.0 Å². The van der Waals surface area contributed by atoms with Crippen molar-refractivity contribution in [3.05, 3.63) is 40.6 Å². The Morgan fingerprint density at radius 3 is 2.63 bits per heavy atom. The second-order valence-electron chi connectivity index (χ2n) is 6.54. The molecule has 0 aliphatic carbocycles. The Labute approximate surface area is 182 Å². The van der Waals surface area contributed by atoms with Crippen LogP contribution in [0.3, 0.4) is 0 Å². The maximum atomic E-state index is 8.24. The SMILES string of the molecule is Cl.Cl.N=C(Nc1ccc2c(c1)N(CCN1CCCC1)CCS2)c1cccs1. The topological polar surface area (TPSA) is 42.4 Å². The van der Waals surface area contributed by atoms with Crippen LogP contribution in [0.5, 0.6) is 0 Å². The predicted molar refractivity (Wildman–Crippen MR) is 124 cm³/mol. The second kappa shape index (κ2) is 10.6. The van der Waals surface area contributed by atoms with Gasteiger partial charge in [-0.05, 0) is 55.6 Å². The maximum Gasteiger partial charge on any atom is 0.140 e. The molecule has 148 valence electrons. The number of benzene rings is 1. The van der Waals surface area contributed by atoms with Gasteiger partial charge in [-0.3, -0.25) is 5.41 Å². The highest BCUT2D eigenvalue weighted by molar-refractivity contribution is 7.99. The lowest BCUT2D eigenvalue weighted by Gasteiger charge is -2.32. The lowest BCUT2D eigenvalue weighted by molar-refractivity contribution is 0.345. The van der Waals surface area contributed by atoms with E-state index >= 15 is 0 Å². The summed E-state index contributed by atoms with van der Waals surface area (Å²) in [7, 11) is 0. The summed E-state index contributed by atoms with van der Waals surface area (Å²) in [6, 6.07) is 10.5. The van der Waals surface area contributed by atoms with Crippen molar-refractivity contribution in [2.45, 2.75) is 17.7 Å². The number of fused-ring (bicyclic) bond motifs is 1. The second-order valence-corrected chi connectivity index (χ2v) is 8.63. The quantitative estimate of drug-likeness (QED) is 0.500. The molecule has 0 spiro atoms. The van der Waals surface area contributed by atoms with Crippen LogP contribution < -0.4 is 10.2 Å². The predicted octanol–water partition coefficient (Wildman–Crippen LogP) is 5.04. The van der Waals surface area contributed by atoms with Crippen LogP contribution in [0.15, 0.2) is 40.6 Å². The van der Waals surface area contributed by atoms with E-state index < -0.39 is 0 Å². The van der Waals surface area contributed by atoms with Crippen molar-refractivity contribution >= 4 is 65.1 Å². The van der Waals surface area contributed by atoms with Gasteiger partial charge in [-0.1, -0.05) is 6.07 Å². The summed E-state index contributed by atoms with van der Waals surface area (Å²) in [5, 5.41) is 13.5. The van der Waals surface area contributed by atoms with Gasteiger partial charge >= 0.3 is 0 Å². The van der Waals surface area contributed by atoms with Crippen LogP contribution in [0.25, 0.3) is 0 Å². The zero-order valence-electron chi connectivity index (χ0n) is 15.1. The smallest absolute Gasteiger partial charge is 0.140 e. The average molecular weight is 445 g/mol. The van der Waals surface area contributed by atoms with Crippen LogP contribution in [0.2, 0.25) is 0 Å². The molecule has 1 saturated heterocycles. The van der Waals surface area contributed by atoms with Crippen molar-refractivity contribution in [2.75, 3.05) is 48.7 Å². The van der Waals surface area contributed by atoms with Gasteiger partial charge in [0.15, 0.2) is 0 Å². The lowest BCUT2D eigenvalue weighted by atomic mass is 10.2. The summed E-state index contributed by atoms with van der Waals surface area (Å²) in [5.74, 6) is 1.63. The molecule has 0 saturated carbocycles. The van der Waals surface area contributed by atoms with Crippen LogP contribution in [-0.4, -0.2) is 49.2 Å². The molecule has 1 aromatic heterocycles. The maximum absolute atomic E-state index is 8.24. The van der Waals surface area contributed by atoms with Gasteiger partial charge in [0.25, 0.3) is 0 Å². The molecule has 2 aliphatic heterocycles. The van der Waals surface area contributed by atoms with Crippen molar-refractivity contribution in [1.82, 2.24) is 4.90 Å². The zero-order chi connectivity index (χ0) is 17.1. The molecule has 0 radical (unpaired) electrons. The molecule has 8 heteroatoms. The summed E-state index contributed by atoms with van der Waals surface area (Å²) in [4.78, 5) is 7.43. The van der Waals surface area contributed by atoms with Crippen molar-refractivity contribution < 1.29 is 0 Å². The number of likely N-dealkylation sites (tertiary alicyclic amines) is 1. The van der Waals surface area contributed by atoms with E-state index in [0.29, 0.717) is 5.84 Å². The van der Waals surface area contributed by atoms with Crippen LogP contribution in [0, 0.1) is 5.41 Å². The zero-order valence-corrected chi connectivity index (χ0v) is 18.4. The average Bonchev–Trinajstić information content (AvgIpc) is 3.33. The van der Waals surface area contributed by atoms with Crippen LogP contribution in [0.1, 0.15) is 17.7 Å². The molecule has 0 amide bonds. The minimum absolute atomic E-state index is 0. The fourth-order valence-electron chi connectivity index (χ4n) is 3.48. The van der Waals surface area contributed by atoms with Gasteiger partial charge in [-0.25, -0.2) is 0 Å². The van der Waals surface area contributed by atoms with Crippen LogP contribution in [-0.2, 0) is 0 Å². The molecule has 4 rings (SSSR count). The molecular weight excluding hydrogens is 419 g/mol. The fraction of sp³-hybridized carbons (Fsp3) is 0.421. The first-order valence-electron chi connectivity index (χ1n) is 8.93. The number of thiophene rings is 1. The minimum atomic E-state index is 0. The number of amidine groups is 1. The van der Waals surface area contributed by atoms with E-state index in [1.165, 1.54) is 36.5 Å². The lowest BCUT2D eigenvalue weighted by Crippen LogP contribution is -2.36. The Balaban J connectivity index is 0.00000131. The Bertz CT molecular complexity index is 733. The molecule has 3 heterocycles. The molecule has 0 bridgehead atoms. The van der Waals surface area contributed by atoms with Crippen LogP contribution in [0.4, 0.5) is 11.4 Å². The Kier molecular flexibility index (Phi) is 8.76. The summed E-state index contributed by atoms with van der Waals surface area (Å²) >= 11 is 3.54. The van der Waals surface area contributed by atoms with E-state index in [1.54, 1.807) is 11.3 Å². The number of nitrogens with one attached hydrogen (secondary N) is 2. The third kappa shape index (κ3) is 5.55. The summed E-state index contributed by atoms with van der Waals surface area (Å²) in [6.45, 7) is 5.88. The minimum Gasteiger partial charge on any atom is -0.368 e. The first-order valence-corrected chi connectivity index (χ1v) is 10.8. The molecular formula is C19H26Cl2N4S2. The first-order chi connectivity index (χ1) is 12.3. The Hall–Kier alpha value is -0.920. The number of halogens is 2. The molecule has 2 aliphatic rings. The number of hydrogen-bond donors (Lipinski definition) is 2. The van der Waals surface area contributed by atoms with Gasteiger partial charge < -0.3 is 15.1 Å². The third-order valence-electron chi connectivity index (χ3n) is 4.84. The van der Waals surface area contributed by atoms with E-state index in [-0.39, 0.29) is 24.8 Å². The summed E-state index contributed by atoms with van der Waals surface area (Å²) in [5.41, 5.74) is 2.32. The van der Waals surface area contributed by atoms with Gasteiger partial charge in [0.05, 0.1) is 10.6 Å². The van der Waals surface area contributed by atoms with E-state index in [9.17, 15) is 0 Å². The first kappa shape index (κ1) is 22.4. The summed E-state index contributed by atoms with van der Waals surface area (Å²) < 4.78 is 0. The standard InChI is InChI=1S/C19H24N4S2.2ClH/c20-19(18-4-3-12-24-18)21-15-5-6-17-16(14-15)23(11-13-25-17)10-9-22-7-1-2-8-22;;/h3-6,12,14H,1-2,7-11,13H2,(H2,20,21);2*1H. The van der Waals surface area contributed by atoms with Crippen LogP contribution >= 0.6 is 47.9 Å². The molecule has 4 nitrogen and oxygen atoms in total. The van der Waals surface area contributed by atoms with Crippen molar-refractivity contribution in [1.29, 1.82) is 5.41 Å². The third-order valence-corrected chi connectivity index (χ3v) is 6.77. The van der Waals surface area contributed by atoms with Crippen molar-refractivity contribution in [3.8, 4) is 0 Å². The molecule has 0 atom stereocenters. The number of anilines is 2. The monoisotopic (exact) mass is 444 g/mol. The summed E-state index contributed by atoms with van der Waals surface area (Å²) in [6.07, 6.45) is 2.71. The number of hydrogen-bond acceptors (Lipinski definition) is 5. The van der Waals surface area contributed by atoms with Crippen molar-refractivity contribution in [3.63, 3.8) is 0 Å². The highest BCUT2D eigenvalue weighted by atomic mass is 35.5. The molecule has 1 aromatic carbocycles. The molecule has 2 N–H and O–H groups in total. The fourth-order valence-corrected chi connectivity index (χ4v) is 5.14. The van der Waals surface area contributed by atoms with Gasteiger partial charge in [0.1, 0.15) is 5.84 Å². The highest BCUT2D eigenvalue weighted by Crippen LogP contribution is 2.36. The van der Waals surface area contributed by atoms with Crippen molar-refractivity contribution in [2.24, 2.45) is 0 Å². The largest absolute Gasteiger partial charge is 0.368 e. The normalized spacial score (nSPS) is 16.2. The van der Waals surface area contributed by atoms with Gasteiger partial charge in [0.2, 0.25) is 0 Å². The van der Waals surface area contributed by atoms with E-state index in [1.807, 2.05) is 29.3 Å².